The molecule has 1 aliphatic rings. The van der Waals surface area contributed by atoms with E-state index in [4.69, 9.17) is 9.84 Å². The predicted octanol–water partition coefficient (Wildman–Crippen LogP) is 1.16. The molecular weight excluding hydrogens is 226 g/mol. The number of rotatable bonds is 2. The maximum absolute atomic E-state index is 11.7. The monoisotopic (exact) mass is 241 g/mol. The van der Waals surface area contributed by atoms with Gasteiger partial charge in [0.1, 0.15) is 17.9 Å². The van der Waals surface area contributed by atoms with Gasteiger partial charge in [0, 0.05) is 18.2 Å². The molecule has 0 aromatic rings. The van der Waals surface area contributed by atoms with Gasteiger partial charge in [0.2, 0.25) is 0 Å². The summed E-state index contributed by atoms with van der Waals surface area (Å²) in [7, 11) is 0. The predicted molar refractivity (Wildman–Crippen MR) is 58.3 cm³/mol. The van der Waals surface area contributed by atoms with E-state index in [2.05, 4.69) is 0 Å². The van der Waals surface area contributed by atoms with E-state index < -0.39 is 23.7 Å². The SMILES string of the molecule is CC(C)(C)OC(=O)N1C=C(C=O)C[C@H]1C(=O)O. The molecule has 1 aliphatic heterocycles. The van der Waals surface area contributed by atoms with E-state index in [0.29, 0.717) is 6.29 Å². The Bertz CT molecular complexity index is 380. The average Bonchev–Trinajstić information content (AvgIpc) is 2.58. The van der Waals surface area contributed by atoms with Crippen LogP contribution in [0.3, 0.4) is 0 Å². The number of hydrogen-bond donors (Lipinski definition) is 1. The Kier molecular flexibility index (Phi) is 3.55. The molecule has 1 rings (SSSR count). The van der Waals surface area contributed by atoms with Crippen molar-refractivity contribution >= 4 is 18.3 Å². The molecule has 0 unspecified atom stereocenters. The Balaban J connectivity index is 2.85. The molecule has 0 aliphatic carbocycles. The number of hydrogen-bond acceptors (Lipinski definition) is 4. The molecule has 6 heteroatoms. The van der Waals surface area contributed by atoms with Crippen molar-refractivity contribution in [3.05, 3.63) is 11.8 Å². The van der Waals surface area contributed by atoms with Crippen molar-refractivity contribution in [1.82, 2.24) is 4.90 Å². The standard InChI is InChI=1S/C11H15NO5/c1-11(2,3)17-10(16)12-5-7(6-13)4-8(12)9(14)15/h5-6,8H,4H2,1-3H3,(H,14,15)/t8-/m0/s1. The first-order chi connectivity index (χ1) is 7.74. The van der Waals surface area contributed by atoms with E-state index in [-0.39, 0.29) is 12.0 Å². The average molecular weight is 241 g/mol. The van der Waals surface area contributed by atoms with Crippen molar-refractivity contribution in [3.63, 3.8) is 0 Å². The van der Waals surface area contributed by atoms with Crippen LogP contribution in [0.4, 0.5) is 4.79 Å². The number of amides is 1. The van der Waals surface area contributed by atoms with E-state index in [0.717, 1.165) is 4.90 Å². The second kappa shape index (κ2) is 4.57. The smallest absolute Gasteiger partial charge is 0.415 e. The molecule has 1 N–H and O–H groups in total. The zero-order chi connectivity index (χ0) is 13.2. The lowest BCUT2D eigenvalue weighted by atomic mass is 10.1. The second-order valence-corrected chi connectivity index (χ2v) is 4.77. The topological polar surface area (TPSA) is 83.9 Å². The molecule has 0 spiro atoms. The summed E-state index contributed by atoms with van der Waals surface area (Å²) in [6, 6.07) is -1.06. The summed E-state index contributed by atoms with van der Waals surface area (Å²) < 4.78 is 5.06. The highest BCUT2D eigenvalue weighted by Crippen LogP contribution is 2.23. The van der Waals surface area contributed by atoms with Crippen LogP contribution in [-0.4, -0.2) is 40.0 Å². The van der Waals surface area contributed by atoms with Crippen molar-refractivity contribution in [2.75, 3.05) is 0 Å². The minimum absolute atomic E-state index is 0.0120. The molecule has 6 nitrogen and oxygen atoms in total. The highest BCUT2D eigenvalue weighted by Gasteiger charge is 2.36. The Labute approximate surface area is 98.8 Å². The van der Waals surface area contributed by atoms with Gasteiger partial charge in [0.05, 0.1) is 0 Å². The van der Waals surface area contributed by atoms with Gasteiger partial charge >= 0.3 is 12.1 Å². The van der Waals surface area contributed by atoms with E-state index in [9.17, 15) is 14.4 Å². The van der Waals surface area contributed by atoms with Gasteiger partial charge in [-0.05, 0) is 20.8 Å². The molecule has 0 bridgehead atoms. The summed E-state index contributed by atoms with van der Waals surface area (Å²) in [5.74, 6) is -1.16. The zero-order valence-electron chi connectivity index (χ0n) is 9.97. The van der Waals surface area contributed by atoms with Crippen LogP contribution in [0.15, 0.2) is 11.8 Å². The van der Waals surface area contributed by atoms with Crippen molar-refractivity contribution in [2.45, 2.75) is 38.8 Å². The fraction of sp³-hybridized carbons (Fsp3) is 0.545. The largest absolute Gasteiger partial charge is 0.480 e. The number of carbonyl (C=O) groups is 3. The van der Waals surface area contributed by atoms with Crippen LogP contribution < -0.4 is 0 Å². The molecule has 0 radical (unpaired) electrons. The van der Waals surface area contributed by atoms with Gasteiger partial charge in [-0.25, -0.2) is 9.59 Å². The van der Waals surface area contributed by atoms with Gasteiger partial charge in [-0.2, -0.15) is 0 Å². The number of aldehydes is 1. The lowest BCUT2D eigenvalue weighted by Gasteiger charge is -2.25. The minimum atomic E-state index is -1.16. The van der Waals surface area contributed by atoms with Crippen LogP contribution in [0.5, 0.6) is 0 Å². The number of nitrogens with zero attached hydrogens (tertiary/aromatic N) is 1. The number of carbonyl (C=O) groups excluding carboxylic acids is 2. The lowest BCUT2D eigenvalue weighted by molar-refractivity contribution is -0.141. The Morgan fingerprint density at radius 3 is 2.53 bits per heavy atom. The van der Waals surface area contributed by atoms with Gasteiger partial charge in [-0.3, -0.25) is 9.69 Å². The third-order valence-corrected chi connectivity index (χ3v) is 2.11. The Hall–Kier alpha value is -1.85. The molecule has 94 valence electrons. The van der Waals surface area contributed by atoms with Crippen LogP contribution in [0.2, 0.25) is 0 Å². The number of ether oxygens (including phenoxy) is 1. The third-order valence-electron chi connectivity index (χ3n) is 2.11. The van der Waals surface area contributed by atoms with Crippen LogP contribution in [0, 0.1) is 0 Å². The normalized spacial score (nSPS) is 19.8. The van der Waals surface area contributed by atoms with E-state index in [1.807, 2.05) is 0 Å². The first kappa shape index (κ1) is 13.2. The van der Waals surface area contributed by atoms with Crippen molar-refractivity contribution in [3.8, 4) is 0 Å². The second-order valence-electron chi connectivity index (χ2n) is 4.77. The fourth-order valence-electron chi connectivity index (χ4n) is 1.42. The highest BCUT2D eigenvalue weighted by atomic mass is 16.6. The lowest BCUT2D eigenvalue weighted by Crippen LogP contribution is -2.41. The zero-order valence-corrected chi connectivity index (χ0v) is 9.97. The molecule has 0 aromatic carbocycles. The van der Waals surface area contributed by atoms with E-state index >= 15 is 0 Å². The third kappa shape index (κ3) is 3.30. The molecule has 17 heavy (non-hydrogen) atoms. The summed E-state index contributed by atoms with van der Waals surface area (Å²) >= 11 is 0. The Morgan fingerprint density at radius 1 is 1.53 bits per heavy atom. The molecule has 0 aromatic heterocycles. The van der Waals surface area contributed by atoms with Gasteiger partial charge in [0.15, 0.2) is 0 Å². The van der Waals surface area contributed by atoms with E-state index in [1.165, 1.54) is 6.20 Å². The van der Waals surface area contributed by atoms with Crippen LogP contribution in [0.1, 0.15) is 27.2 Å². The molecule has 1 atom stereocenters. The quantitative estimate of drug-likeness (QED) is 0.733. The van der Waals surface area contributed by atoms with Gasteiger partial charge < -0.3 is 9.84 Å². The summed E-state index contributed by atoms with van der Waals surface area (Å²) in [4.78, 5) is 34.2. The molecule has 1 heterocycles. The van der Waals surface area contributed by atoms with Crippen LogP contribution in [-0.2, 0) is 14.3 Å². The Morgan fingerprint density at radius 2 is 2.12 bits per heavy atom. The summed E-state index contributed by atoms with van der Waals surface area (Å²) in [5.41, 5.74) is -0.444. The number of carboxylic acids is 1. The van der Waals surface area contributed by atoms with E-state index in [1.54, 1.807) is 20.8 Å². The van der Waals surface area contributed by atoms with Crippen LogP contribution >= 0.6 is 0 Å². The number of carboxylic acid groups (broad SMARTS) is 1. The van der Waals surface area contributed by atoms with Crippen molar-refractivity contribution < 1.29 is 24.2 Å². The summed E-state index contributed by atoms with van der Waals surface area (Å²) in [5, 5.41) is 8.95. The summed E-state index contributed by atoms with van der Waals surface area (Å²) in [6.07, 6.45) is 1.01. The van der Waals surface area contributed by atoms with Gasteiger partial charge in [0.25, 0.3) is 0 Å². The first-order valence-corrected chi connectivity index (χ1v) is 5.14. The maximum atomic E-state index is 11.7. The van der Waals surface area contributed by atoms with Crippen LogP contribution in [0.25, 0.3) is 0 Å². The molecule has 1 amide bonds. The van der Waals surface area contributed by atoms with Crippen molar-refractivity contribution in [2.24, 2.45) is 0 Å². The molecule has 0 fully saturated rings. The van der Waals surface area contributed by atoms with Crippen molar-refractivity contribution in [1.29, 1.82) is 0 Å². The first-order valence-electron chi connectivity index (χ1n) is 5.14. The summed E-state index contributed by atoms with van der Waals surface area (Å²) in [6.45, 7) is 5.04. The van der Waals surface area contributed by atoms with Gasteiger partial charge in [-0.1, -0.05) is 0 Å². The minimum Gasteiger partial charge on any atom is -0.480 e. The molecular formula is C11H15NO5. The maximum Gasteiger partial charge on any atom is 0.415 e. The number of aliphatic carboxylic acids is 1. The molecule has 0 saturated heterocycles. The molecule has 0 saturated carbocycles. The van der Waals surface area contributed by atoms with Gasteiger partial charge in [-0.15, -0.1) is 0 Å². The fourth-order valence-corrected chi connectivity index (χ4v) is 1.42. The highest BCUT2D eigenvalue weighted by molar-refractivity contribution is 5.86.